The molecule has 3 fully saturated rings. The quantitative estimate of drug-likeness (QED) is 0.208. The van der Waals surface area contributed by atoms with E-state index in [0.29, 0.717) is 12.0 Å². The van der Waals surface area contributed by atoms with Crippen molar-refractivity contribution in [1.82, 2.24) is 0 Å². The van der Waals surface area contributed by atoms with Gasteiger partial charge < -0.3 is 5.11 Å². The monoisotopic (exact) mass is 746 g/mol. The standard InChI is InChI=1S/C54H50O3/c55-49-28-33-14-4-5-15-38(33)43(49)29-36-24-34-26-47-41(31-45(34)52(36)18-8-1-9-19-52)42-32-46-35(27-48(42)54(47)22-12-3-13-23-54)25-37(53(46)20-10-2-11-21-53)30-44-39-16-6-7-17-40(39)50(56)51(44)57/h4-7,14-17,24-27,29-32,50,56H,1-3,8-13,18-23,28H2/b43-29-,44-30-. The summed E-state index contributed by atoms with van der Waals surface area (Å²) in [5.41, 5.74) is 19.5. The third-order valence-corrected chi connectivity index (χ3v) is 16.2. The van der Waals surface area contributed by atoms with Crippen molar-refractivity contribution in [2.75, 3.05) is 0 Å². The lowest BCUT2D eigenvalue weighted by molar-refractivity contribution is -0.120. The molecule has 1 unspecified atom stereocenters. The molecule has 0 bridgehead atoms. The van der Waals surface area contributed by atoms with Gasteiger partial charge in [0.15, 0.2) is 11.6 Å². The van der Waals surface area contributed by atoms with Crippen molar-refractivity contribution in [1.29, 1.82) is 0 Å². The molecular weight excluding hydrogens is 697 g/mol. The van der Waals surface area contributed by atoms with E-state index in [1.54, 1.807) is 0 Å². The van der Waals surface area contributed by atoms with E-state index in [2.05, 4.69) is 72.8 Å². The molecule has 3 saturated carbocycles. The van der Waals surface area contributed by atoms with Gasteiger partial charge in [-0.05, 0) is 153 Å². The summed E-state index contributed by atoms with van der Waals surface area (Å²) in [4.78, 5) is 27.2. The Hall–Kier alpha value is -4.86. The molecule has 3 nitrogen and oxygen atoms in total. The number of benzene rings is 4. The van der Waals surface area contributed by atoms with Crippen LogP contribution in [-0.2, 0) is 32.3 Å². The zero-order chi connectivity index (χ0) is 38.1. The fourth-order valence-electron chi connectivity index (χ4n) is 13.5. The lowest BCUT2D eigenvalue weighted by atomic mass is 9.65. The van der Waals surface area contributed by atoms with Crippen molar-refractivity contribution in [2.24, 2.45) is 0 Å². The molecule has 0 amide bonds. The SMILES string of the molecule is O=C1Cc2ccccc2/C1=C/C1=Cc2cc3c(cc2C12CCCCC2)-c1cc2c(cc1C31CCCCC1)C=C(/C=C1\C(=O)C(O)c3ccccc31)C21CCCCC1. The third-order valence-electron chi connectivity index (χ3n) is 16.2. The number of aliphatic hydroxyl groups excluding tert-OH is 1. The normalized spacial score (nSPS) is 25.5. The molecule has 0 saturated heterocycles. The van der Waals surface area contributed by atoms with Crippen LogP contribution in [0.25, 0.3) is 34.4 Å². The predicted octanol–water partition coefficient (Wildman–Crippen LogP) is 12.0. The van der Waals surface area contributed by atoms with Crippen molar-refractivity contribution in [3.63, 3.8) is 0 Å². The number of carbonyl (C=O) groups excluding carboxylic acids is 2. The number of hydrogen-bond donors (Lipinski definition) is 1. The largest absolute Gasteiger partial charge is 0.380 e. The number of allylic oxidation sites excluding steroid dienone is 5. The molecule has 3 spiro atoms. The van der Waals surface area contributed by atoms with E-state index < -0.39 is 6.10 Å². The van der Waals surface area contributed by atoms with Gasteiger partial charge in [0.05, 0.1) is 0 Å². The van der Waals surface area contributed by atoms with Crippen LogP contribution in [0.15, 0.2) is 96.1 Å². The number of ketones is 2. The second-order valence-electron chi connectivity index (χ2n) is 18.8. The minimum absolute atomic E-state index is 0.00136. The first-order chi connectivity index (χ1) is 27.9. The highest BCUT2D eigenvalue weighted by molar-refractivity contribution is 6.28. The van der Waals surface area contributed by atoms with E-state index in [9.17, 15) is 14.7 Å². The van der Waals surface area contributed by atoms with Crippen LogP contribution in [0, 0.1) is 0 Å². The summed E-state index contributed by atoms with van der Waals surface area (Å²) < 4.78 is 0. The lowest BCUT2D eigenvalue weighted by Gasteiger charge is -2.38. The van der Waals surface area contributed by atoms with E-state index in [-0.39, 0.29) is 27.8 Å². The van der Waals surface area contributed by atoms with Crippen LogP contribution in [0.2, 0.25) is 0 Å². The molecule has 284 valence electrons. The number of Topliss-reactive ketones (excluding diaryl/α,β-unsaturated/α-hetero) is 2. The maximum Gasteiger partial charge on any atom is 0.196 e. The molecule has 8 aliphatic carbocycles. The highest BCUT2D eigenvalue weighted by Crippen LogP contribution is 2.63. The van der Waals surface area contributed by atoms with Crippen LogP contribution in [0.3, 0.4) is 0 Å². The number of rotatable bonds is 2. The van der Waals surface area contributed by atoms with Crippen molar-refractivity contribution in [2.45, 2.75) is 125 Å². The van der Waals surface area contributed by atoms with Crippen LogP contribution in [0.1, 0.15) is 158 Å². The van der Waals surface area contributed by atoms with Gasteiger partial charge in [-0.25, -0.2) is 0 Å². The Morgan fingerprint density at radius 3 is 1.58 bits per heavy atom. The summed E-state index contributed by atoms with van der Waals surface area (Å²) in [7, 11) is 0. The molecule has 4 aromatic carbocycles. The number of carbonyl (C=O) groups is 2. The highest BCUT2D eigenvalue weighted by Gasteiger charge is 2.50. The molecule has 1 N–H and O–H groups in total. The van der Waals surface area contributed by atoms with Gasteiger partial charge in [-0.15, -0.1) is 0 Å². The number of aliphatic hydroxyl groups is 1. The molecule has 3 heteroatoms. The average molecular weight is 747 g/mol. The first-order valence-electron chi connectivity index (χ1n) is 22.1. The zero-order valence-corrected chi connectivity index (χ0v) is 32.9. The van der Waals surface area contributed by atoms with E-state index >= 15 is 0 Å². The van der Waals surface area contributed by atoms with Gasteiger partial charge >= 0.3 is 0 Å². The smallest absolute Gasteiger partial charge is 0.196 e. The zero-order valence-electron chi connectivity index (χ0n) is 32.9. The summed E-state index contributed by atoms with van der Waals surface area (Å²) in [5.74, 6) is 0.0793. The van der Waals surface area contributed by atoms with E-state index in [4.69, 9.17) is 0 Å². The first kappa shape index (κ1) is 34.2. The Kier molecular flexibility index (Phi) is 7.40. The average Bonchev–Trinajstić information content (AvgIpc) is 3.96. The molecule has 8 aliphatic rings. The Morgan fingerprint density at radius 1 is 0.509 bits per heavy atom. The third kappa shape index (κ3) is 4.64. The minimum Gasteiger partial charge on any atom is -0.380 e. The van der Waals surface area contributed by atoms with E-state index in [1.807, 2.05) is 24.3 Å². The molecule has 0 radical (unpaired) electrons. The first-order valence-corrected chi connectivity index (χ1v) is 22.1. The van der Waals surface area contributed by atoms with E-state index in [1.165, 1.54) is 126 Å². The van der Waals surface area contributed by atoms with Gasteiger partial charge in [-0.1, -0.05) is 118 Å². The maximum atomic E-state index is 13.6. The fourth-order valence-corrected chi connectivity index (χ4v) is 13.5. The van der Waals surface area contributed by atoms with Crippen LogP contribution in [0.5, 0.6) is 0 Å². The highest BCUT2D eigenvalue weighted by atomic mass is 16.3. The second kappa shape index (κ2) is 12.3. The Morgan fingerprint density at radius 2 is 1.00 bits per heavy atom. The summed E-state index contributed by atoms with van der Waals surface area (Å²) in [6.45, 7) is 0. The summed E-state index contributed by atoms with van der Waals surface area (Å²) in [6.07, 6.45) is 26.7. The van der Waals surface area contributed by atoms with Crippen LogP contribution in [0.4, 0.5) is 0 Å². The van der Waals surface area contributed by atoms with Crippen molar-refractivity contribution in [3.05, 3.63) is 152 Å². The molecule has 0 aromatic heterocycles. The molecule has 1 atom stereocenters. The molecule has 0 heterocycles. The van der Waals surface area contributed by atoms with Crippen LogP contribution >= 0.6 is 0 Å². The Bertz CT molecular complexity index is 2590. The van der Waals surface area contributed by atoms with Crippen LogP contribution < -0.4 is 0 Å². The van der Waals surface area contributed by atoms with Gasteiger partial charge in [0.2, 0.25) is 0 Å². The predicted molar refractivity (Wildman–Crippen MR) is 229 cm³/mol. The summed E-state index contributed by atoms with van der Waals surface area (Å²) in [6, 6.07) is 26.7. The molecule has 4 aromatic rings. The van der Waals surface area contributed by atoms with Crippen molar-refractivity contribution >= 4 is 34.9 Å². The fraction of sp³-hybridized carbons (Fsp3) is 0.370. The second-order valence-corrected chi connectivity index (χ2v) is 18.8. The lowest BCUT2D eigenvalue weighted by Crippen LogP contribution is -2.30. The van der Waals surface area contributed by atoms with Gasteiger partial charge in [0, 0.05) is 33.8 Å². The van der Waals surface area contributed by atoms with Gasteiger partial charge in [-0.2, -0.15) is 0 Å². The van der Waals surface area contributed by atoms with Gasteiger partial charge in [0.1, 0.15) is 6.10 Å². The number of hydrogen-bond acceptors (Lipinski definition) is 3. The molecule has 12 rings (SSSR count). The Balaban J connectivity index is 1.03. The molecule has 0 aliphatic heterocycles. The Labute approximate surface area is 336 Å². The summed E-state index contributed by atoms with van der Waals surface area (Å²) in [5, 5.41) is 11.0. The maximum absolute atomic E-state index is 13.6. The topological polar surface area (TPSA) is 54.4 Å². The number of fused-ring (bicyclic) bond motifs is 11. The molecular formula is C54H50O3. The van der Waals surface area contributed by atoms with E-state index in [0.717, 1.165) is 53.5 Å². The minimum atomic E-state index is -1.08. The van der Waals surface area contributed by atoms with Gasteiger partial charge in [0.25, 0.3) is 0 Å². The van der Waals surface area contributed by atoms with Crippen LogP contribution in [-0.4, -0.2) is 16.7 Å². The van der Waals surface area contributed by atoms with Gasteiger partial charge in [-0.3, -0.25) is 9.59 Å². The summed E-state index contributed by atoms with van der Waals surface area (Å²) >= 11 is 0. The molecule has 57 heavy (non-hydrogen) atoms. The van der Waals surface area contributed by atoms with Crippen molar-refractivity contribution in [3.8, 4) is 11.1 Å². The van der Waals surface area contributed by atoms with Crippen molar-refractivity contribution < 1.29 is 14.7 Å².